The van der Waals surface area contributed by atoms with Crippen LogP contribution in [-0.4, -0.2) is 11.9 Å². The Morgan fingerprint density at radius 1 is 1.50 bits per heavy atom. The Balaban J connectivity index is 2.19. The molecular weight excluding hydrogens is 231 g/mol. The van der Waals surface area contributed by atoms with Gasteiger partial charge in [0, 0.05) is 6.04 Å². The van der Waals surface area contributed by atoms with Gasteiger partial charge in [0.05, 0.1) is 6.04 Å². The van der Waals surface area contributed by atoms with Crippen LogP contribution >= 0.6 is 0 Å². The summed E-state index contributed by atoms with van der Waals surface area (Å²) in [5, 5.41) is 3.26. The molecule has 2 rings (SSSR count). The summed E-state index contributed by atoms with van der Waals surface area (Å²) < 4.78 is 13.6. The Kier molecular flexibility index (Phi) is 3.66. The molecule has 0 aliphatic heterocycles. The zero-order chi connectivity index (χ0) is 13.3. The average molecular weight is 250 g/mol. The van der Waals surface area contributed by atoms with Gasteiger partial charge in [0.1, 0.15) is 5.82 Å². The topological polar surface area (TPSA) is 55.1 Å². The maximum Gasteiger partial charge on any atom is 0.234 e. The van der Waals surface area contributed by atoms with E-state index in [0.717, 1.165) is 17.5 Å². The number of carbonyl (C=O) groups excluding carboxylic acids is 1. The molecular formula is C14H19FN2O. The van der Waals surface area contributed by atoms with E-state index < -0.39 is 0 Å². The van der Waals surface area contributed by atoms with Crippen molar-refractivity contribution in [2.45, 2.75) is 38.8 Å². The van der Waals surface area contributed by atoms with Crippen LogP contribution in [0.25, 0.3) is 0 Å². The third kappa shape index (κ3) is 2.38. The third-order valence-electron chi connectivity index (χ3n) is 3.57. The zero-order valence-corrected chi connectivity index (χ0v) is 10.7. The number of amides is 1. The van der Waals surface area contributed by atoms with Gasteiger partial charge in [-0.2, -0.15) is 0 Å². The molecule has 0 spiro atoms. The molecule has 0 radical (unpaired) electrons. The average Bonchev–Trinajstić information content (AvgIpc) is 2.69. The van der Waals surface area contributed by atoms with E-state index in [2.05, 4.69) is 5.32 Å². The van der Waals surface area contributed by atoms with E-state index in [9.17, 15) is 9.18 Å². The summed E-state index contributed by atoms with van der Waals surface area (Å²) in [4.78, 5) is 11.4. The summed E-state index contributed by atoms with van der Waals surface area (Å²) in [6, 6.07) is 4.76. The largest absolute Gasteiger partial charge is 0.368 e. The van der Waals surface area contributed by atoms with Crippen LogP contribution in [0.1, 0.15) is 37.4 Å². The Labute approximate surface area is 107 Å². The van der Waals surface area contributed by atoms with Crippen molar-refractivity contribution < 1.29 is 9.18 Å². The lowest BCUT2D eigenvalue weighted by atomic mass is 10.0. The minimum absolute atomic E-state index is 0.0237. The molecule has 3 N–H and O–H groups in total. The van der Waals surface area contributed by atoms with Crippen LogP contribution in [0.3, 0.4) is 0 Å². The molecule has 98 valence electrons. The van der Waals surface area contributed by atoms with Crippen molar-refractivity contribution in [3.63, 3.8) is 0 Å². The molecule has 1 aliphatic rings. The number of hydrogen-bond donors (Lipinski definition) is 2. The fourth-order valence-electron chi connectivity index (χ4n) is 2.60. The van der Waals surface area contributed by atoms with E-state index in [1.54, 1.807) is 6.07 Å². The standard InChI is InChI=1S/C14H19FN2O/c1-8(2)13(14(16)18)17-12-7-6-9-10(12)4-3-5-11(9)15/h3-5,8,12-13,17H,6-7H2,1-2H3,(H2,16,18). The van der Waals surface area contributed by atoms with Gasteiger partial charge in [-0.3, -0.25) is 10.1 Å². The highest BCUT2D eigenvalue weighted by atomic mass is 19.1. The van der Waals surface area contributed by atoms with Crippen molar-refractivity contribution >= 4 is 5.91 Å². The van der Waals surface area contributed by atoms with E-state index in [-0.39, 0.29) is 29.7 Å². The summed E-state index contributed by atoms with van der Waals surface area (Å²) >= 11 is 0. The number of fused-ring (bicyclic) bond motifs is 1. The predicted octanol–water partition coefficient (Wildman–Crippen LogP) is 1.91. The molecule has 0 aromatic heterocycles. The van der Waals surface area contributed by atoms with Crippen LogP contribution < -0.4 is 11.1 Å². The van der Waals surface area contributed by atoms with Gasteiger partial charge in [-0.05, 0) is 36.0 Å². The Morgan fingerprint density at radius 3 is 2.83 bits per heavy atom. The zero-order valence-electron chi connectivity index (χ0n) is 10.7. The highest BCUT2D eigenvalue weighted by molar-refractivity contribution is 5.80. The van der Waals surface area contributed by atoms with Crippen molar-refractivity contribution in [1.82, 2.24) is 5.32 Å². The number of nitrogens with two attached hydrogens (primary N) is 1. The Hall–Kier alpha value is -1.42. The van der Waals surface area contributed by atoms with E-state index >= 15 is 0 Å². The quantitative estimate of drug-likeness (QED) is 0.857. The Morgan fingerprint density at radius 2 is 2.22 bits per heavy atom. The summed E-state index contributed by atoms with van der Waals surface area (Å²) in [5.74, 6) is -0.382. The van der Waals surface area contributed by atoms with Gasteiger partial charge in [-0.1, -0.05) is 26.0 Å². The van der Waals surface area contributed by atoms with Crippen molar-refractivity contribution in [2.24, 2.45) is 11.7 Å². The van der Waals surface area contributed by atoms with Gasteiger partial charge in [-0.25, -0.2) is 4.39 Å². The SMILES string of the molecule is CC(C)C(NC1CCc2c(F)cccc21)C(N)=O. The number of rotatable bonds is 4. The van der Waals surface area contributed by atoms with Crippen molar-refractivity contribution in [3.05, 3.63) is 35.1 Å². The lowest BCUT2D eigenvalue weighted by Crippen LogP contribution is -2.46. The fraction of sp³-hybridized carbons (Fsp3) is 0.500. The summed E-state index contributed by atoms with van der Waals surface area (Å²) in [6.07, 6.45) is 1.52. The molecule has 1 amide bonds. The second-order valence-electron chi connectivity index (χ2n) is 5.19. The van der Waals surface area contributed by atoms with E-state index in [1.165, 1.54) is 6.07 Å². The molecule has 4 heteroatoms. The normalized spacial score (nSPS) is 19.9. The fourth-order valence-corrected chi connectivity index (χ4v) is 2.60. The first-order chi connectivity index (χ1) is 8.50. The summed E-state index contributed by atoms with van der Waals surface area (Å²) in [7, 11) is 0. The predicted molar refractivity (Wildman–Crippen MR) is 68.4 cm³/mol. The highest BCUT2D eigenvalue weighted by Gasteiger charge is 2.29. The monoisotopic (exact) mass is 250 g/mol. The lowest BCUT2D eigenvalue weighted by Gasteiger charge is -2.24. The summed E-state index contributed by atoms with van der Waals surface area (Å²) in [5.41, 5.74) is 7.12. The third-order valence-corrected chi connectivity index (χ3v) is 3.57. The number of hydrogen-bond acceptors (Lipinski definition) is 2. The number of benzene rings is 1. The van der Waals surface area contributed by atoms with Gasteiger partial charge >= 0.3 is 0 Å². The highest BCUT2D eigenvalue weighted by Crippen LogP contribution is 2.33. The van der Waals surface area contributed by atoms with Gasteiger partial charge < -0.3 is 5.73 Å². The molecule has 0 saturated heterocycles. The van der Waals surface area contributed by atoms with Crippen LogP contribution in [0.2, 0.25) is 0 Å². The number of halogens is 1. The van der Waals surface area contributed by atoms with Crippen LogP contribution in [0, 0.1) is 11.7 Å². The molecule has 0 heterocycles. The Bertz CT molecular complexity index is 459. The second kappa shape index (κ2) is 5.06. The van der Waals surface area contributed by atoms with Gasteiger partial charge in [0.15, 0.2) is 0 Å². The second-order valence-corrected chi connectivity index (χ2v) is 5.19. The molecule has 0 fully saturated rings. The number of carbonyl (C=O) groups is 1. The van der Waals surface area contributed by atoms with Crippen molar-refractivity contribution in [1.29, 1.82) is 0 Å². The van der Waals surface area contributed by atoms with Crippen molar-refractivity contribution in [2.75, 3.05) is 0 Å². The smallest absolute Gasteiger partial charge is 0.234 e. The van der Waals surface area contributed by atoms with E-state index in [0.29, 0.717) is 6.42 Å². The molecule has 1 aromatic carbocycles. The molecule has 0 bridgehead atoms. The van der Waals surface area contributed by atoms with Crippen LogP contribution in [-0.2, 0) is 11.2 Å². The van der Waals surface area contributed by atoms with Crippen LogP contribution in [0.5, 0.6) is 0 Å². The summed E-state index contributed by atoms with van der Waals surface area (Å²) in [6.45, 7) is 3.90. The van der Waals surface area contributed by atoms with Gasteiger partial charge in [0.25, 0.3) is 0 Å². The van der Waals surface area contributed by atoms with Crippen LogP contribution in [0.15, 0.2) is 18.2 Å². The molecule has 1 aromatic rings. The first-order valence-corrected chi connectivity index (χ1v) is 6.33. The van der Waals surface area contributed by atoms with E-state index in [1.807, 2.05) is 19.9 Å². The van der Waals surface area contributed by atoms with E-state index in [4.69, 9.17) is 5.73 Å². The number of primary amides is 1. The maximum atomic E-state index is 13.6. The maximum absolute atomic E-state index is 13.6. The minimum atomic E-state index is -0.371. The minimum Gasteiger partial charge on any atom is -0.368 e. The first kappa shape index (κ1) is 13.0. The molecule has 3 nitrogen and oxygen atoms in total. The van der Waals surface area contributed by atoms with Crippen molar-refractivity contribution in [3.8, 4) is 0 Å². The van der Waals surface area contributed by atoms with Gasteiger partial charge in [0.2, 0.25) is 5.91 Å². The first-order valence-electron chi connectivity index (χ1n) is 6.33. The van der Waals surface area contributed by atoms with Gasteiger partial charge in [-0.15, -0.1) is 0 Å². The van der Waals surface area contributed by atoms with Crippen LogP contribution in [0.4, 0.5) is 4.39 Å². The molecule has 2 unspecified atom stereocenters. The molecule has 1 aliphatic carbocycles. The molecule has 2 atom stereocenters. The molecule has 0 saturated carbocycles. The molecule has 18 heavy (non-hydrogen) atoms. The number of nitrogens with one attached hydrogen (secondary N) is 1. The lowest BCUT2D eigenvalue weighted by molar-refractivity contribution is -0.121.